The van der Waals surface area contributed by atoms with E-state index >= 15 is 0 Å². The normalized spacial score (nSPS) is 18.0. The molecule has 0 radical (unpaired) electrons. The van der Waals surface area contributed by atoms with Gasteiger partial charge in [-0.1, -0.05) is 13.8 Å². The molecule has 1 aromatic heterocycles. The summed E-state index contributed by atoms with van der Waals surface area (Å²) in [4.78, 5) is 4.27. The van der Waals surface area contributed by atoms with Crippen molar-refractivity contribution < 1.29 is 0 Å². The Bertz CT molecular complexity index is 326. The van der Waals surface area contributed by atoms with E-state index < -0.39 is 0 Å². The highest BCUT2D eigenvalue weighted by molar-refractivity contribution is 5.01. The Morgan fingerprint density at radius 3 is 2.81 bits per heavy atom. The molecule has 3 heteroatoms. The molecule has 1 saturated carbocycles. The Balaban J connectivity index is 1.93. The number of hydrogen-bond acceptors (Lipinski definition) is 2. The highest BCUT2D eigenvalue weighted by Crippen LogP contribution is 2.21. The maximum atomic E-state index is 4.27. The van der Waals surface area contributed by atoms with Crippen molar-refractivity contribution in [1.82, 2.24) is 14.9 Å². The summed E-state index contributed by atoms with van der Waals surface area (Å²) in [6.45, 7) is 7.79. The van der Waals surface area contributed by atoms with E-state index in [1.807, 2.05) is 12.5 Å². The minimum absolute atomic E-state index is 0.554. The van der Waals surface area contributed by atoms with Crippen molar-refractivity contribution >= 4 is 0 Å². The number of imidazole rings is 1. The van der Waals surface area contributed by atoms with E-state index in [1.54, 1.807) is 0 Å². The molecule has 1 fully saturated rings. The molecule has 90 valence electrons. The van der Waals surface area contributed by atoms with Gasteiger partial charge in [0.15, 0.2) is 0 Å². The van der Waals surface area contributed by atoms with Gasteiger partial charge in [-0.25, -0.2) is 4.98 Å². The molecule has 16 heavy (non-hydrogen) atoms. The third kappa shape index (κ3) is 3.08. The lowest BCUT2D eigenvalue weighted by molar-refractivity contribution is 0.415. The van der Waals surface area contributed by atoms with Crippen LogP contribution in [-0.2, 0) is 6.54 Å². The molecule has 0 amide bonds. The van der Waals surface area contributed by atoms with Gasteiger partial charge in [-0.2, -0.15) is 0 Å². The predicted octanol–water partition coefficient (Wildman–Crippen LogP) is 2.74. The second-order valence-electron chi connectivity index (χ2n) is 5.43. The Labute approximate surface area is 98.3 Å². The maximum Gasteiger partial charge on any atom is 0.0951 e. The molecular weight excluding hydrogens is 198 g/mol. The van der Waals surface area contributed by atoms with Gasteiger partial charge in [0.25, 0.3) is 0 Å². The largest absolute Gasteiger partial charge is 0.331 e. The van der Waals surface area contributed by atoms with Gasteiger partial charge in [-0.15, -0.1) is 0 Å². The summed E-state index contributed by atoms with van der Waals surface area (Å²) in [5.74, 6) is 0.738. The van der Waals surface area contributed by atoms with Crippen molar-refractivity contribution in [1.29, 1.82) is 0 Å². The lowest BCUT2D eigenvalue weighted by Crippen LogP contribution is -2.19. The van der Waals surface area contributed by atoms with Crippen LogP contribution in [0.3, 0.4) is 0 Å². The lowest BCUT2D eigenvalue weighted by Gasteiger charge is -2.18. The second kappa shape index (κ2) is 5.00. The summed E-state index contributed by atoms with van der Waals surface area (Å²) in [7, 11) is 0. The fourth-order valence-corrected chi connectivity index (χ4v) is 2.20. The third-order valence-corrected chi connectivity index (χ3v) is 3.18. The van der Waals surface area contributed by atoms with Gasteiger partial charge < -0.3 is 9.88 Å². The smallest absolute Gasteiger partial charge is 0.0951 e. The van der Waals surface area contributed by atoms with Crippen LogP contribution < -0.4 is 5.32 Å². The van der Waals surface area contributed by atoms with Crippen LogP contribution in [0.25, 0.3) is 0 Å². The van der Waals surface area contributed by atoms with Gasteiger partial charge in [-0.05, 0) is 32.1 Å². The Kier molecular flexibility index (Phi) is 3.64. The Morgan fingerprint density at radius 1 is 1.44 bits per heavy atom. The Morgan fingerprint density at radius 2 is 2.19 bits per heavy atom. The van der Waals surface area contributed by atoms with Crippen LogP contribution in [0.5, 0.6) is 0 Å². The summed E-state index contributed by atoms with van der Waals surface area (Å²) >= 11 is 0. The second-order valence-corrected chi connectivity index (χ2v) is 5.43. The molecule has 1 aromatic rings. The number of rotatable bonds is 6. The lowest BCUT2D eigenvalue weighted by atomic mass is 10.1. The standard InChI is InChI=1S/C13H23N3/c1-10(2)6-11(3)16-9-14-7-13(16)8-15-12-4-5-12/h7,9-12,15H,4-6,8H2,1-3H3. The average Bonchev–Trinajstić information content (AvgIpc) is 2.91. The minimum atomic E-state index is 0.554. The van der Waals surface area contributed by atoms with Crippen LogP contribution in [0, 0.1) is 5.92 Å². The van der Waals surface area contributed by atoms with Crippen molar-refractivity contribution in [3.05, 3.63) is 18.2 Å². The van der Waals surface area contributed by atoms with Crippen LogP contribution in [0.2, 0.25) is 0 Å². The van der Waals surface area contributed by atoms with Crippen molar-refractivity contribution in [2.75, 3.05) is 0 Å². The monoisotopic (exact) mass is 221 g/mol. The van der Waals surface area contributed by atoms with E-state index in [1.165, 1.54) is 25.0 Å². The van der Waals surface area contributed by atoms with E-state index in [9.17, 15) is 0 Å². The third-order valence-electron chi connectivity index (χ3n) is 3.18. The fraction of sp³-hybridized carbons (Fsp3) is 0.769. The van der Waals surface area contributed by atoms with Crippen LogP contribution in [0.1, 0.15) is 51.8 Å². The molecular formula is C13H23N3. The quantitative estimate of drug-likeness (QED) is 0.800. The van der Waals surface area contributed by atoms with E-state index in [0.717, 1.165) is 18.5 Å². The molecule has 0 saturated heterocycles. The highest BCUT2D eigenvalue weighted by atomic mass is 15.1. The molecule has 0 spiro atoms. The van der Waals surface area contributed by atoms with Gasteiger partial charge in [-0.3, -0.25) is 0 Å². The molecule has 1 atom stereocenters. The molecule has 1 unspecified atom stereocenters. The molecule has 0 aliphatic heterocycles. The molecule has 3 nitrogen and oxygen atoms in total. The molecule has 1 heterocycles. The first-order chi connectivity index (χ1) is 7.66. The zero-order valence-corrected chi connectivity index (χ0v) is 10.6. The first-order valence-electron chi connectivity index (χ1n) is 6.41. The highest BCUT2D eigenvalue weighted by Gasteiger charge is 2.21. The van der Waals surface area contributed by atoms with Gasteiger partial charge in [0.1, 0.15) is 0 Å². The van der Waals surface area contributed by atoms with Crippen LogP contribution >= 0.6 is 0 Å². The van der Waals surface area contributed by atoms with E-state index in [-0.39, 0.29) is 0 Å². The minimum Gasteiger partial charge on any atom is -0.331 e. The van der Waals surface area contributed by atoms with Crippen molar-refractivity contribution in [3.63, 3.8) is 0 Å². The first kappa shape index (κ1) is 11.6. The Hall–Kier alpha value is -0.830. The molecule has 1 N–H and O–H groups in total. The van der Waals surface area contributed by atoms with Crippen molar-refractivity contribution in [3.8, 4) is 0 Å². The predicted molar refractivity (Wildman–Crippen MR) is 66.3 cm³/mol. The van der Waals surface area contributed by atoms with Crippen molar-refractivity contribution in [2.45, 2.75) is 58.7 Å². The molecule has 1 aliphatic carbocycles. The number of nitrogens with zero attached hydrogens (tertiary/aromatic N) is 2. The summed E-state index contributed by atoms with van der Waals surface area (Å²) < 4.78 is 2.31. The molecule has 2 rings (SSSR count). The molecule has 0 bridgehead atoms. The maximum absolute atomic E-state index is 4.27. The molecule has 0 aromatic carbocycles. The fourth-order valence-electron chi connectivity index (χ4n) is 2.20. The topological polar surface area (TPSA) is 29.9 Å². The SMILES string of the molecule is CC(C)CC(C)n1cncc1CNC1CC1. The summed E-state index contributed by atoms with van der Waals surface area (Å²) in [5.41, 5.74) is 1.32. The zero-order chi connectivity index (χ0) is 11.5. The number of aromatic nitrogens is 2. The zero-order valence-electron chi connectivity index (χ0n) is 10.6. The summed E-state index contributed by atoms with van der Waals surface area (Å²) in [5, 5.41) is 3.55. The van der Waals surface area contributed by atoms with E-state index in [2.05, 4.69) is 35.6 Å². The first-order valence-corrected chi connectivity index (χ1v) is 6.41. The average molecular weight is 221 g/mol. The van der Waals surface area contributed by atoms with E-state index in [0.29, 0.717) is 6.04 Å². The van der Waals surface area contributed by atoms with Gasteiger partial charge in [0, 0.05) is 24.8 Å². The van der Waals surface area contributed by atoms with Gasteiger partial charge in [0.2, 0.25) is 0 Å². The van der Waals surface area contributed by atoms with Gasteiger partial charge in [0.05, 0.1) is 12.0 Å². The number of hydrogen-bond donors (Lipinski definition) is 1. The van der Waals surface area contributed by atoms with E-state index in [4.69, 9.17) is 0 Å². The summed E-state index contributed by atoms with van der Waals surface area (Å²) in [6, 6.07) is 1.32. The molecule has 1 aliphatic rings. The summed E-state index contributed by atoms with van der Waals surface area (Å²) in [6.07, 6.45) is 7.86. The van der Waals surface area contributed by atoms with Crippen LogP contribution in [-0.4, -0.2) is 15.6 Å². The van der Waals surface area contributed by atoms with Crippen molar-refractivity contribution in [2.24, 2.45) is 5.92 Å². The van der Waals surface area contributed by atoms with Crippen LogP contribution in [0.15, 0.2) is 12.5 Å². The number of nitrogens with one attached hydrogen (secondary N) is 1. The van der Waals surface area contributed by atoms with Crippen LogP contribution in [0.4, 0.5) is 0 Å². The van der Waals surface area contributed by atoms with Gasteiger partial charge >= 0.3 is 0 Å².